The Kier molecular flexibility index (Phi) is 4.82. The van der Waals surface area contributed by atoms with Crippen LogP contribution in [0, 0.1) is 0 Å². The number of rotatable bonds is 3. The first-order chi connectivity index (χ1) is 12.8. The summed E-state index contributed by atoms with van der Waals surface area (Å²) in [4.78, 5) is 0. The van der Waals surface area contributed by atoms with Crippen LogP contribution in [-0.2, 0) is 11.2 Å². The van der Waals surface area contributed by atoms with Crippen LogP contribution in [0.5, 0.6) is 0 Å². The average molecular weight is 423 g/mol. The Bertz CT molecular complexity index is 1000. The van der Waals surface area contributed by atoms with Crippen LogP contribution >= 0.6 is 15.9 Å². The van der Waals surface area contributed by atoms with Crippen LogP contribution in [0.3, 0.4) is 0 Å². The molecule has 0 amide bonds. The molecule has 26 heavy (non-hydrogen) atoms. The number of hydrogen-bond acceptors (Lipinski definition) is 1. The molecular formula is C21H15BrN2OS. The molecule has 0 N–H and O–H groups in total. The summed E-state index contributed by atoms with van der Waals surface area (Å²) in [6, 6.07) is 29.4. The van der Waals surface area contributed by atoms with Crippen molar-refractivity contribution in [2.45, 2.75) is 0 Å². The third-order valence-corrected chi connectivity index (χ3v) is 5.83. The maximum absolute atomic E-state index is 13.1. The van der Waals surface area contributed by atoms with Gasteiger partial charge in [-0.2, -0.15) is 4.40 Å². The van der Waals surface area contributed by atoms with Gasteiger partial charge in [-0.3, -0.25) is 0 Å². The van der Waals surface area contributed by atoms with Gasteiger partial charge in [-0.05, 0) is 28.1 Å². The Morgan fingerprint density at radius 1 is 0.731 bits per heavy atom. The van der Waals surface area contributed by atoms with Crippen LogP contribution in [0.1, 0.15) is 11.1 Å². The number of benzene rings is 3. The lowest BCUT2D eigenvalue weighted by atomic mass is 10.1. The molecular weight excluding hydrogens is 408 g/mol. The molecule has 1 atom stereocenters. The van der Waals surface area contributed by atoms with E-state index in [4.69, 9.17) is 0 Å². The Labute approximate surface area is 163 Å². The Hall–Kier alpha value is -2.50. The van der Waals surface area contributed by atoms with Gasteiger partial charge in [0.15, 0.2) is 0 Å². The van der Waals surface area contributed by atoms with Gasteiger partial charge in [-0.1, -0.05) is 78.9 Å². The zero-order chi connectivity index (χ0) is 17.9. The summed E-state index contributed by atoms with van der Waals surface area (Å²) >= 11 is 2.16. The molecule has 3 aromatic carbocycles. The van der Waals surface area contributed by atoms with Crippen molar-refractivity contribution in [3.05, 3.63) is 107 Å². The van der Waals surface area contributed by atoms with E-state index in [1.807, 2.05) is 91.0 Å². The summed E-state index contributed by atoms with van der Waals surface area (Å²) in [5.41, 5.74) is 4.25. The summed E-state index contributed by atoms with van der Waals surface area (Å²) < 4.78 is 20.2. The van der Waals surface area contributed by atoms with Crippen molar-refractivity contribution in [2.24, 2.45) is 4.40 Å². The standard InChI is InChI=1S/C21H15BrN2OS/c22-19-20(16-10-4-1-5-11-16)23-26(25)24(18-14-8-3-9-15-18)21(19)17-12-6-2-7-13-17/h1-15H. The fourth-order valence-corrected chi connectivity index (χ4v) is 4.88. The van der Waals surface area contributed by atoms with E-state index in [0.29, 0.717) is 5.71 Å². The van der Waals surface area contributed by atoms with E-state index in [2.05, 4.69) is 20.3 Å². The lowest BCUT2D eigenvalue weighted by Crippen LogP contribution is -2.29. The molecule has 1 heterocycles. The summed E-state index contributed by atoms with van der Waals surface area (Å²) in [7, 11) is 0. The minimum Gasteiger partial charge on any atom is -0.239 e. The maximum Gasteiger partial charge on any atom is 0.251 e. The lowest BCUT2D eigenvalue weighted by Gasteiger charge is -2.29. The van der Waals surface area contributed by atoms with Gasteiger partial charge in [0, 0.05) is 11.1 Å². The Morgan fingerprint density at radius 2 is 1.23 bits per heavy atom. The number of halogens is 1. The van der Waals surface area contributed by atoms with E-state index in [0.717, 1.165) is 27.0 Å². The average Bonchev–Trinajstić information content (AvgIpc) is 2.71. The van der Waals surface area contributed by atoms with Crippen molar-refractivity contribution in [1.82, 2.24) is 0 Å². The zero-order valence-electron chi connectivity index (χ0n) is 13.7. The molecule has 1 aliphatic rings. The quantitative estimate of drug-likeness (QED) is 0.560. The predicted octanol–water partition coefficient (Wildman–Crippen LogP) is 5.34. The second-order valence-corrected chi connectivity index (χ2v) is 7.50. The molecule has 0 spiro atoms. The van der Waals surface area contributed by atoms with E-state index < -0.39 is 11.2 Å². The predicted molar refractivity (Wildman–Crippen MR) is 112 cm³/mol. The van der Waals surface area contributed by atoms with Gasteiger partial charge in [0.05, 0.1) is 21.6 Å². The van der Waals surface area contributed by atoms with Gasteiger partial charge in [-0.15, -0.1) is 0 Å². The number of nitrogens with zero attached hydrogens (tertiary/aromatic N) is 2. The van der Waals surface area contributed by atoms with Gasteiger partial charge in [-0.25, -0.2) is 8.51 Å². The maximum atomic E-state index is 13.1. The largest absolute Gasteiger partial charge is 0.251 e. The van der Waals surface area contributed by atoms with Crippen molar-refractivity contribution < 1.29 is 4.21 Å². The molecule has 4 rings (SSSR count). The second-order valence-electron chi connectivity index (χ2n) is 5.70. The van der Waals surface area contributed by atoms with Gasteiger partial charge in [0.2, 0.25) is 0 Å². The highest BCUT2D eigenvalue weighted by Gasteiger charge is 2.30. The molecule has 1 unspecified atom stereocenters. The highest BCUT2D eigenvalue weighted by atomic mass is 79.9. The van der Waals surface area contributed by atoms with Crippen molar-refractivity contribution in [3.63, 3.8) is 0 Å². The minimum absolute atomic E-state index is 0.690. The molecule has 3 nitrogen and oxygen atoms in total. The molecule has 0 saturated carbocycles. The van der Waals surface area contributed by atoms with Crippen molar-refractivity contribution >= 4 is 44.2 Å². The minimum atomic E-state index is -1.58. The smallest absolute Gasteiger partial charge is 0.239 e. The van der Waals surface area contributed by atoms with Gasteiger partial charge in [0.25, 0.3) is 11.2 Å². The lowest BCUT2D eigenvalue weighted by molar-refractivity contribution is 0.684. The topological polar surface area (TPSA) is 32.7 Å². The van der Waals surface area contributed by atoms with Crippen LogP contribution in [0.25, 0.3) is 5.70 Å². The van der Waals surface area contributed by atoms with E-state index in [-0.39, 0.29) is 0 Å². The molecule has 0 bridgehead atoms. The first-order valence-electron chi connectivity index (χ1n) is 8.12. The van der Waals surface area contributed by atoms with Crippen LogP contribution in [0.2, 0.25) is 0 Å². The second kappa shape index (κ2) is 7.40. The summed E-state index contributed by atoms with van der Waals surface area (Å²) in [5, 5.41) is 0. The number of para-hydroxylation sites is 1. The third kappa shape index (κ3) is 3.16. The van der Waals surface area contributed by atoms with Crippen LogP contribution in [-0.4, -0.2) is 9.92 Å². The molecule has 0 saturated heterocycles. The fraction of sp³-hybridized carbons (Fsp3) is 0. The molecule has 0 radical (unpaired) electrons. The monoisotopic (exact) mass is 422 g/mol. The van der Waals surface area contributed by atoms with Gasteiger partial charge in [0.1, 0.15) is 0 Å². The number of hydrogen-bond donors (Lipinski definition) is 0. The molecule has 0 aliphatic carbocycles. The first-order valence-corrected chi connectivity index (χ1v) is 9.98. The zero-order valence-corrected chi connectivity index (χ0v) is 16.2. The third-order valence-electron chi connectivity index (χ3n) is 4.03. The number of anilines is 1. The molecule has 0 aromatic heterocycles. The van der Waals surface area contributed by atoms with Crippen LogP contribution < -0.4 is 4.31 Å². The van der Waals surface area contributed by atoms with Gasteiger partial charge < -0.3 is 0 Å². The highest BCUT2D eigenvalue weighted by Crippen LogP contribution is 2.37. The van der Waals surface area contributed by atoms with Gasteiger partial charge >= 0.3 is 0 Å². The summed E-state index contributed by atoms with van der Waals surface area (Å²) in [6.45, 7) is 0. The van der Waals surface area contributed by atoms with Crippen molar-refractivity contribution in [3.8, 4) is 0 Å². The molecule has 128 valence electrons. The summed E-state index contributed by atoms with van der Waals surface area (Å²) in [5.74, 6) is 0. The number of allylic oxidation sites excluding steroid dienone is 1. The normalized spacial score (nSPS) is 17.2. The molecule has 1 aliphatic heterocycles. The van der Waals surface area contributed by atoms with E-state index in [9.17, 15) is 4.21 Å². The van der Waals surface area contributed by atoms with E-state index >= 15 is 0 Å². The highest BCUT2D eigenvalue weighted by molar-refractivity contribution is 9.12. The molecule has 3 aromatic rings. The van der Waals surface area contributed by atoms with E-state index in [1.54, 1.807) is 4.31 Å². The Balaban J connectivity index is 1.93. The van der Waals surface area contributed by atoms with Crippen molar-refractivity contribution in [2.75, 3.05) is 4.31 Å². The molecule has 0 fully saturated rings. The van der Waals surface area contributed by atoms with E-state index in [1.165, 1.54) is 0 Å². The fourth-order valence-electron chi connectivity index (χ4n) is 2.84. The summed E-state index contributed by atoms with van der Waals surface area (Å²) in [6.07, 6.45) is 0. The first kappa shape index (κ1) is 16.9. The molecule has 5 heteroatoms. The Morgan fingerprint density at radius 3 is 1.81 bits per heavy atom. The van der Waals surface area contributed by atoms with Crippen LogP contribution in [0.4, 0.5) is 5.69 Å². The van der Waals surface area contributed by atoms with Crippen LogP contribution in [0.15, 0.2) is 99.9 Å². The van der Waals surface area contributed by atoms with Crippen molar-refractivity contribution in [1.29, 1.82) is 0 Å². The SMILES string of the molecule is O=S1N=C(c2ccccc2)C(Br)=C(c2ccccc2)N1c1ccccc1.